The molecule has 2 aromatic heterocycles. The molecule has 3 heterocycles. The fourth-order valence-electron chi connectivity index (χ4n) is 3.37. The Labute approximate surface area is 171 Å². The number of rotatable bonds is 7. The number of hydrogen-bond donors (Lipinski definition) is 3. The molecule has 7 heteroatoms. The fourth-order valence-corrected chi connectivity index (χ4v) is 3.37. The van der Waals surface area contributed by atoms with Crippen molar-refractivity contribution in [2.24, 2.45) is 0 Å². The van der Waals surface area contributed by atoms with Crippen LogP contribution in [0.3, 0.4) is 0 Å². The van der Waals surface area contributed by atoms with Crippen LogP contribution in [0.15, 0.2) is 53.7 Å². The molecular formula is C22H29N5O2. The third-order valence-corrected chi connectivity index (χ3v) is 4.99. The number of hydrogen-bond acceptors (Lipinski definition) is 5. The lowest BCUT2D eigenvalue weighted by Crippen LogP contribution is -2.41. The summed E-state index contributed by atoms with van der Waals surface area (Å²) in [5.41, 5.74) is 2.74. The van der Waals surface area contributed by atoms with Gasteiger partial charge in [-0.15, -0.1) is 0 Å². The highest BCUT2D eigenvalue weighted by Crippen LogP contribution is 2.27. The molecule has 3 rings (SSSR count). The predicted molar refractivity (Wildman–Crippen MR) is 116 cm³/mol. The molecule has 3 N–H and O–H groups in total. The topological polar surface area (TPSA) is 90.1 Å². The van der Waals surface area contributed by atoms with E-state index in [0.717, 1.165) is 42.7 Å². The molecule has 0 radical (unpaired) electrons. The zero-order valence-electron chi connectivity index (χ0n) is 17.0. The van der Waals surface area contributed by atoms with E-state index in [2.05, 4.69) is 34.4 Å². The van der Waals surface area contributed by atoms with Crippen molar-refractivity contribution < 1.29 is 4.79 Å². The van der Waals surface area contributed by atoms with Gasteiger partial charge in [-0.05, 0) is 25.0 Å². The van der Waals surface area contributed by atoms with Crippen LogP contribution in [0.1, 0.15) is 26.7 Å². The monoisotopic (exact) mass is 395 g/mol. The lowest BCUT2D eigenvalue weighted by atomic mass is 10.0. The molecule has 0 bridgehead atoms. The van der Waals surface area contributed by atoms with Gasteiger partial charge in [0.25, 0.3) is 0 Å². The number of aromatic nitrogens is 2. The Morgan fingerprint density at radius 3 is 2.79 bits per heavy atom. The van der Waals surface area contributed by atoms with Gasteiger partial charge in [0.05, 0.1) is 11.9 Å². The van der Waals surface area contributed by atoms with E-state index in [1.165, 1.54) is 6.07 Å². The molecule has 7 nitrogen and oxygen atoms in total. The van der Waals surface area contributed by atoms with Crippen molar-refractivity contribution in [2.75, 3.05) is 25.0 Å². The Hall–Kier alpha value is -2.93. The second kappa shape index (κ2) is 10.0. The summed E-state index contributed by atoms with van der Waals surface area (Å²) in [5.74, 6) is 0.0734. The van der Waals surface area contributed by atoms with Crippen LogP contribution in [0.2, 0.25) is 0 Å². The number of aromatic amines is 1. The molecule has 0 unspecified atom stereocenters. The smallest absolute Gasteiger partial charge is 0.247 e. The van der Waals surface area contributed by atoms with Gasteiger partial charge >= 0.3 is 0 Å². The number of carbonyl (C=O) groups excluding carboxylic acids is 1. The fraction of sp³-hybridized carbons (Fsp3) is 0.409. The first-order valence-electron chi connectivity index (χ1n) is 10.1. The summed E-state index contributed by atoms with van der Waals surface area (Å²) in [7, 11) is 0. The highest BCUT2D eigenvalue weighted by atomic mass is 16.2. The largest absolute Gasteiger partial charge is 0.380 e. The Bertz CT molecular complexity index is 878. The van der Waals surface area contributed by atoms with Crippen LogP contribution >= 0.6 is 0 Å². The quantitative estimate of drug-likeness (QED) is 0.627. The minimum atomic E-state index is -0.122. The van der Waals surface area contributed by atoms with Crippen molar-refractivity contribution in [3.8, 4) is 11.1 Å². The molecule has 1 aliphatic rings. The third-order valence-electron chi connectivity index (χ3n) is 4.99. The van der Waals surface area contributed by atoms with Crippen molar-refractivity contribution in [2.45, 2.75) is 38.8 Å². The lowest BCUT2D eigenvalue weighted by molar-refractivity contribution is -0.126. The molecule has 154 valence electrons. The second-order valence-corrected chi connectivity index (χ2v) is 7.57. The highest BCUT2D eigenvalue weighted by Gasteiger charge is 2.22. The molecule has 0 saturated carbocycles. The van der Waals surface area contributed by atoms with Crippen molar-refractivity contribution in [3.05, 3.63) is 59.3 Å². The van der Waals surface area contributed by atoms with E-state index in [4.69, 9.17) is 0 Å². The molecule has 1 saturated heterocycles. The maximum atomic E-state index is 12.3. The Balaban J connectivity index is 1.56. The first-order valence-corrected chi connectivity index (χ1v) is 10.1. The minimum absolute atomic E-state index is 0.0734. The van der Waals surface area contributed by atoms with Crippen LogP contribution in [0.25, 0.3) is 11.1 Å². The molecule has 0 aromatic carbocycles. The van der Waals surface area contributed by atoms with Gasteiger partial charge in [0.15, 0.2) is 0 Å². The van der Waals surface area contributed by atoms with Crippen LogP contribution in [-0.2, 0) is 4.79 Å². The molecule has 1 amide bonds. The van der Waals surface area contributed by atoms with Gasteiger partial charge in [-0.25, -0.2) is 0 Å². The average Bonchev–Trinajstić information content (AvgIpc) is 2.72. The number of anilines is 1. The number of pyridine rings is 2. The van der Waals surface area contributed by atoms with Gasteiger partial charge in [-0.3, -0.25) is 14.6 Å². The molecule has 0 spiro atoms. The molecule has 2 aromatic rings. The van der Waals surface area contributed by atoms with Gasteiger partial charge in [-0.1, -0.05) is 19.9 Å². The number of nitrogens with zero attached hydrogens (tertiary/aromatic N) is 2. The molecular weight excluding hydrogens is 366 g/mol. The van der Waals surface area contributed by atoms with E-state index >= 15 is 0 Å². The minimum Gasteiger partial charge on any atom is -0.380 e. The summed E-state index contributed by atoms with van der Waals surface area (Å²) in [4.78, 5) is 32.5. The van der Waals surface area contributed by atoms with Gasteiger partial charge in [0.2, 0.25) is 11.5 Å². The van der Waals surface area contributed by atoms with Gasteiger partial charge in [-0.2, -0.15) is 0 Å². The number of nitrogens with one attached hydrogen (secondary N) is 3. The van der Waals surface area contributed by atoms with Crippen molar-refractivity contribution in [1.82, 2.24) is 20.2 Å². The van der Waals surface area contributed by atoms with E-state index in [-0.39, 0.29) is 17.5 Å². The molecule has 0 atom stereocenters. The molecule has 0 aliphatic carbocycles. The van der Waals surface area contributed by atoms with Crippen molar-refractivity contribution in [3.63, 3.8) is 0 Å². The molecule has 29 heavy (non-hydrogen) atoms. The van der Waals surface area contributed by atoms with E-state index in [1.54, 1.807) is 24.5 Å². The van der Waals surface area contributed by atoms with Gasteiger partial charge < -0.3 is 20.5 Å². The van der Waals surface area contributed by atoms with Gasteiger partial charge in [0, 0.05) is 67.4 Å². The number of piperidine rings is 1. The number of amides is 1. The second-order valence-electron chi connectivity index (χ2n) is 7.57. The van der Waals surface area contributed by atoms with Gasteiger partial charge in [0.1, 0.15) is 0 Å². The summed E-state index contributed by atoms with van der Waals surface area (Å²) < 4.78 is 0. The van der Waals surface area contributed by atoms with Crippen LogP contribution in [0, 0.1) is 0 Å². The van der Waals surface area contributed by atoms with Crippen LogP contribution < -0.4 is 16.2 Å². The summed E-state index contributed by atoms with van der Waals surface area (Å²) in [6.45, 7) is 6.33. The standard InChI is InChI=1S/C22H29N5O2/c1-16(2)24-10-3-4-22(29)27-12-8-18(9-13-27)26-20-15-23-11-7-19(20)17-5-6-21(28)25-14-17/h3-7,11,14-16,18,24,26H,8-10,12-13H2,1-2H3,(H,25,28). The summed E-state index contributed by atoms with van der Waals surface area (Å²) >= 11 is 0. The van der Waals surface area contributed by atoms with Crippen LogP contribution in [0.5, 0.6) is 0 Å². The predicted octanol–water partition coefficient (Wildman–Crippen LogP) is 2.39. The number of H-pyrrole nitrogens is 1. The molecule has 1 aliphatic heterocycles. The Morgan fingerprint density at radius 2 is 2.10 bits per heavy atom. The van der Waals surface area contributed by atoms with E-state index in [0.29, 0.717) is 12.6 Å². The maximum absolute atomic E-state index is 12.3. The number of carbonyl (C=O) groups is 1. The zero-order chi connectivity index (χ0) is 20.6. The number of likely N-dealkylation sites (tertiary alicyclic amines) is 1. The first-order chi connectivity index (χ1) is 14.0. The zero-order valence-corrected chi connectivity index (χ0v) is 17.0. The van der Waals surface area contributed by atoms with Crippen LogP contribution in [-0.4, -0.2) is 52.5 Å². The van der Waals surface area contributed by atoms with Crippen molar-refractivity contribution in [1.29, 1.82) is 0 Å². The Kier molecular flexibility index (Phi) is 7.19. The average molecular weight is 396 g/mol. The summed E-state index contributed by atoms with van der Waals surface area (Å²) in [5, 5.41) is 6.83. The maximum Gasteiger partial charge on any atom is 0.247 e. The third kappa shape index (κ3) is 6.02. The normalized spacial score (nSPS) is 15.2. The van der Waals surface area contributed by atoms with E-state index < -0.39 is 0 Å². The first kappa shape index (κ1) is 20.8. The Morgan fingerprint density at radius 1 is 1.31 bits per heavy atom. The van der Waals surface area contributed by atoms with Crippen molar-refractivity contribution >= 4 is 11.6 Å². The van der Waals surface area contributed by atoms with Crippen LogP contribution in [0.4, 0.5) is 5.69 Å². The molecule has 1 fully saturated rings. The van der Waals surface area contributed by atoms with E-state index in [1.807, 2.05) is 23.2 Å². The summed E-state index contributed by atoms with van der Waals surface area (Å²) in [6, 6.07) is 5.95. The summed E-state index contributed by atoms with van der Waals surface area (Å²) in [6.07, 6.45) is 10.6. The highest BCUT2D eigenvalue weighted by molar-refractivity contribution is 5.87. The SMILES string of the molecule is CC(C)NCC=CC(=O)N1CCC(Nc2cnccc2-c2ccc(=O)[nH]c2)CC1. The lowest BCUT2D eigenvalue weighted by Gasteiger charge is -2.32. The van der Waals surface area contributed by atoms with E-state index in [9.17, 15) is 9.59 Å².